The molecule has 0 radical (unpaired) electrons. The lowest BCUT2D eigenvalue weighted by molar-refractivity contribution is 0.237. The van der Waals surface area contributed by atoms with Crippen LogP contribution in [0.25, 0.3) is 0 Å². The number of benzene rings is 1. The summed E-state index contributed by atoms with van der Waals surface area (Å²) in [5.74, 6) is 0. The van der Waals surface area contributed by atoms with E-state index in [2.05, 4.69) is 75.6 Å². The summed E-state index contributed by atoms with van der Waals surface area (Å²) in [4.78, 5) is 4.12. The van der Waals surface area contributed by atoms with E-state index in [0.717, 1.165) is 0 Å². The molecule has 0 saturated carbocycles. The maximum absolute atomic E-state index is 5.22. The van der Waals surface area contributed by atoms with Gasteiger partial charge in [0.1, 0.15) is 0 Å². The van der Waals surface area contributed by atoms with Gasteiger partial charge in [0.05, 0.1) is 0 Å². The van der Waals surface area contributed by atoms with Crippen LogP contribution in [0.5, 0.6) is 0 Å². The van der Waals surface area contributed by atoms with Crippen molar-refractivity contribution in [2.45, 2.75) is 65.7 Å². The van der Waals surface area contributed by atoms with Crippen LogP contribution in [0.4, 0.5) is 0 Å². The lowest BCUT2D eigenvalue weighted by Crippen LogP contribution is -2.43. The Morgan fingerprint density at radius 2 is 1.00 bits per heavy atom. The Hall–Kier alpha value is -0.560. The largest absolute Gasteiger partial charge is 0.411 e. The molecule has 1 rings (SSSR count). The van der Waals surface area contributed by atoms with Crippen molar-refractivity contribution < 1.29 is 0 Å². The molecule has 0 fully saturated rings. The van der Waals surface area contributed by atoms with Gasteiger partial charge >= 0.3 is 0 Å². The number of hydrogen-bond donors (Lipinski definition) is 0. The molecule has 0 aliphatic heterocycles. The van der Waals surface area contributed by atoms with Crippen molar-refractivity contribution in [1.29, 1.82) is 0 Å². The molecule has 0 spiro atoms. The summed E-state index contributed by atoms with van der Waals surface area (Å²) in [5.41, 5.74) is 2.19. The second-order valence-corrected chi connectivity index (χ2v) is 9.93. The van der Waals surface area contributed by atoms with Crippen LogP contribution in [0.15, 0.2) is 24.3 Å². The number of hydrogen-bond acceptors (Lipinski definition) is 4. The first-order valence-electron chi connectivity index (χ1n) is 7.87. The number of rotatable bonds is 4. The van der Waals surface area contributed by atoms with Gasteiger partial charge in [-0.1, -0.05) is 32.9 Å². The lowest BCUT2D eigenvalue weighted by atomic mass is 10.0. The Kier molecular flexibility index (Phi) is 7.35. The zero-order chi connectivity index (χ0) is 18.7. The van der Waals surface area contributed by atoms with Gasteiger partial charge in [0.2, 0.25) is 0 Å². The highest BCUT2D eigenvalue weighted by atomic mass is 32.1. The molecule has 0 aliphatic carbocycles. The van der Waals surface area contributed by atoms with Gasteiger partial charge in [0, 0.05) is 24.2 Å². The fourth-order valence-electron chi connectivity index (χ4n) is 2.27. The molecule has 0 atom stereocenters. The predicted molar refractivity (Wildman–Crippen MR) is 117 cm³/mol. The first-order valence-corrected chi connectivity index (χ1v) is 9.50. The summed E-state index contributed by atoms with van der Waals surface area (Å²) in [6, 6.07) is 8.48. The van der Waals surface area contributed by atoms with Gasteiger partial charge in [-0.3, -0.25) is 0 Å². The van der Waals surface area contributed by atoms with Crippen LogP contribution < -0.4 is 0 Å². The normalized spacial score (nSPS) is 11.9. The molecule has 0 bridgehead atoms. The monoisotopic (exact) mass is 398 g/mol. The zero-order valence-electron chi connectivity index (χ0n) is 15.3. The van der Waals surface area contributed by atoms with Crippen molar-refractivity contribution >= 4 is 58.3 Å². The van der Waals surface area contributed by atoms with Crippen LogP contribution in [0, 0.1) is 0 Å². The highest BCUT2D eigenvalue weighted by molar-refractivity contribution is 8.00. The smallest absolute Gasteiger partial charge is 0.0419 e. The summed E-state index contributed by atoms with van der Waals surface area (Å²) >= 11 is 20.9. The van der Waals surface area contributed by atoms with Crippen molar-refractivity contribution in [2.24, 2.45) is 0 Å². The Labute approximate surface area is 168 Å². The minimum atomic E-state index is -0.0882. The van der Waals surface area contributed by atoms with Crippen molar-refractivity contribution in [3.63, 3.8) is 0 Å². The van der Waals surface area contributed by atoms with E-state index < -0.39 is 0 Å². The van der Waals surface area contributed by atoms with Crippen molar-refractivity contribution in [1.82, 2.24) is 9.80 Å². The Morgan fingerprint density at radius 1 is 0.750 bits per heavy atom. The third kappa shape index (κ3) is 6.39. The van der Waals surface area contributed by atoms with Gasteiger partial charge in [0.25, 0.3) is 0 Å². The van der Waals surface area contributed by atoms with Crippen LogP contribution in [-0.4, -0.2) is 29.5 Å². The second kappa shape index (κ2) is 8.21. The Morgan fingerprint density at radius 3 is 1.17 bits per heavy atom. The summed E-state index contributed by atoms with van der Waals surface area (Å²) in [6.07, 6.45) is 0. The van der Waals surface area contributed by atoms with E-state index in [4.69, 9.17) is 49.7 Å². The molecule has 2 nitrogen and oxygen atoms in total. The molecule has 0 aliphatic rings. The van der Waals surface area contributed by atoms with Crippen LogP contribution in [0.2, 0.25) is 0 Å². The minimum absolute atomic E-state index is 0.0882. The van der Waals surface area contributed by atoms with Gasteiger partial charge in [0.15, 0.2) is 0 Å². The van der Waals surface area contributed by atoms with Crippen molar-refractivity contribution in [3.8, 4) is 0 Å². The van der Waals surface area contributed by atoms with E-state index >= 15 is 0 Å². The molecule has 24 heavy (non-hydrogen) atoms. The average molecular weight is 399 g/mol. The van der Waals surface area contributed by atoms with Crippen molar-refractivity contribution in [2.75, 3.05) is 0 Å². The van der Waals surface area contributed by atoms with Crippen LogP contribution >= 0.6 is 24.4 Å². The Bertz CT molecular complexity index is 530. The molecule has 0 saturated heterocycles. The van der Waals surface area contributed by atoms with E-state index in [1.807, 2.05) is 0 Å². The first-order chi connectivity index (χ1) is 10.8. The molecule has 0 unspecified atom stereocenters. The molecule has 0 N–H and O–H groups in total. The van der Waals surface area contributed by atoms with E-state index in [0.29, 0.717) is 21.7 Å². The summed E-state index contributed by atoms with van der Waals surface area (Å²) in [7, 11) is 0. The molecule has 6 heteroatoms. The quantitative estimate of drug-likeness (QED) is 0.538. The fourth-order valence-corrected chi connectivity index (χ4v) is 3.62. The molecule has 0 heterocycles. The van der Waals surface area contributed by atoms with Gasteiger partial charge < -0.3 is 59.5 Å². The Balaban J connectivity index is 2.89. The maximum atomic E-state index is 5.22. The molecular weight excluding hydrogens is 372 g/mol. The molecule has 134 valence electrons. The molecule has 1 aromatic carbocycles. The highest BCUT2D eigenvalue weighted by Gasteiger charge is 2.20. The van der Waals surface area contributed by atoms with E-state index in [1.54, 1.807) is 0 Å². The van der Waals surface area contributed by atoms with E-state index in [9.17, 15) is 0 Å². The zero-order valence-corrected chi connectivity index (χ0v) is 18.5. The summed E-state index contributed by atoms with van der Waals surface area (Å²) < 4.78 is 1.00. The van der Waals surface area contributed by atoms with Crippen LogP contribution in [0.3, 0.4) is 0 Å². The van der Waals surface area contributed by atoms with Crippen LogP contribution in [0.1, 0.15) is 52.7 Å². The standard InChI is InChI=1S/C18H28N2S4/c1-17(2,3)19(15(21)22)11-13-7-9-14(10-8-13)12-20(16(23)24)18(4,5)6/h7-10H,11-12H2,1-6H3,(H,21,22)(H,23,24)/p-2. The van der Waals surface area contributed by atoms with Crippen LogP contribution in [-0.2, 0) is 38.3 Å². The highest BCUT2D eigenvalue weighted by Crippen LogP contribution is 2.21. The van der Waals surface area contributed by atoms with Gasteiger partial charge in [-0.15, -0.1) is 0 Å². The van der Waals surface area contributed by atoms with E-state index in [1.165, 1.54) is 11.1 Å². The second-order valence-electron chi connectivity index (χ2n) is 7.86. The first kappa shape index (κ1) is 21.5. The lowest BCUT2D eigenvalue weighted by Gasteiger charge is -2.41. The topological polar surface area (TPSA) is 6.48 Å². The molecule has 0 amide bonds. The van der Waals surface area contributed by atoms with E-state index in [-0.39, 0.29) is 11.1 Å². The summed E-state index contributed by atoms with van der Waals surface area (Å²) in [6.45, 7) is 14.1. The van der Waals surface area contributed by atoms with Gasteiger partial charge in [-0.2, -0.15) is 0 Å². The van der Waals surface area contributed by atoms with Crippen molar-refractivity contribution in [3.05, 3.63) is 35.4 Å². The minimum Gasteiger partial charge on any atom is -0.411 e. The molecular formula is C18H26N2S4-2. The summed E-state index contributed by atoms with van der Waals surface area (Å²) in [5, 5.41) is 0. The number of thiocarbonyl (C=S) groups is 2. The predicted octanol–water partition coefficient (Wildman–Crippen LogP) is 4.55. The third-order valence-electron chi connectivity index (χ3n) is 3.76. The van der Waals surface area contributed by atoms with Gasteiger partial charge in [-0.05, 0) is 52.7 Å². The molecule has 1 aromatic rings. The third-order valence-corrected chi connectivity index (χ3v) is 4.65. The average Bonchev–Trinajstić information content (AvgIpc) is 2.40. The maximum Gasteiger partial charge on any atom is 0.0419 e. The number of nitrogens with zero attached hydrogens (tertiary/aromatic N) is 2. The fraction of sp³-hybridized carbons (Fsp3) is 0.556. The SMILES string of the molecule is CC(C)(C)N(Cc1ccc(CN(C(=S)[S-])C(C)(C)C)cc1)C(=S)[S-]. The molecule has 0 aromatic heterocycles. The van der Waals surface area contributed by atoms with Gasteiger partial charge in [-0.25, -0.2) is 0 Å².